The summed E-state index contributed by atoms with van der Waals surface area (Å²) in [5.41, 5.74) is 0.268. The van der Waals surface area contributed by atoms with Crippen LogP contribution in [0.5, 0.6) is 0 Å². The maximum absolute atomic E-state index is 13.6. The van der Waals surface area contributed by atoms with E-state index in [4.69, 9.17) is 5.84 Å². The molecule has 8 heteroatoms. The minimum atomic E-state index is -0.426. The normalized spacial score (nSPS) is 10.4. The van der Waals surface area contributed by atoms with Crippen molar-refractivity contribution in [3.05, 3.63) is 30.1 Å². The van der Waals surface area contributed by atoms with Gasteiger partial charge in [-0.1, -0.05) is 23.9 Å². The zero-order chi connectivity index (χ0) is 13.8. The van der Waals surface area contributed by atoms with Crippen LogP contribution >= 0.6 is 11.8 Å². The molecule has 0 saturated heterocycles. The summed E-state index contributed by atoms with van der Waals surface area (Å²) in [6.45, 7) is 0. The Morgan fingerprint density at radius 3 is 2.89 bits per heavy atom. The molecule has 0 radical (unpaired) electrons. The van der Waals surface area contributed by atoms with Crippen molar-refractivity contribution < 1.29 is 9.18 Å². The largest absolute Gasteiger partial charge is 0.358 e. The molecule has 19 heavy (non-hydrogen) atoms. The molecule has 0 saturated carbocycles. The molecule has 0 aliphatic heterocycles. The fourth-order valence-corrected chi connectivity index (χ4v) is 2.13. The second-order valence-electron chi connectivity index (χ2n) is 3.62. The molecule has 2 aromatic rings. The van der Waals surface area contributed by atoms with E-state index >= 15 is 0 Å². The van der Waals surface area contributed by atoms with Gasteiger partial charge in [-0.25, -0.2) is 9.07 Å². The van der Waals surface area contributed by atoms with Crippen LogP contribution in [-0.2, 0) is 4.79 Å². The van der Waals surface area contributed by atoms with Crippen LogP contribution in [0.25, 0.3) is 11.4 Å². The Hall–Kier alpha value is -2.09. The van der Waals surface area contributed by atoms with E-state index in [0.717, 1.165) is 11.8 Å². The van der Waals surface area contributed by atoms with Gasteiger partial charge in [-0.05, 0) is 12.1 Å². The van der Waals surface area contributed by atoms with Gasteiger partial charge in [-0.2, -0.15) is 0 Å². The van der Waals surface area contributed by atoms with Crippen molar-refractivity contribution in [3.8, 4) is 11.4 Å². The minimum absolute atomic E-state index is 0.152. The van der Waals surface area contributed by atoms with Gasteiger partial charge in [0.2, 0.25) is 11.1 Å². The van der Waals surface area contributed by atoms with Crippen molar-refractivity contribution in [1.82, 2.24) is 20.2 Å². The standard InChI is InChI=1S/C11H12FN5OS/c1-14-9(18)6-19-11-16-15-10(17(11)13)7-4-2-3-5-8(7)12/h2-5H,6,13H2,1H3,(H,14,18). The highest BCUT2D eigenvalue weighted by molar-refractivity contribution is 7.99. The van der Waals surface area contributed by atoms with Crippen LogP contribution in [0.4, 0.5) is 4.39 Å². The average molecular weight is 281 g/mol. The molecule has 3 N–H and O–H groups in total. The van der Waals surface area contributed by atoms with E-state index in [1.54, 1.807) is 25.2 Å². The van der Waals surface area contributed by atoms with E-state index in [1.165, 1.54) is 10.7 Å². The fraction of sp³-hybridized carbons (Fsp3) is 0.182. The first-order valence-corrected chi connectivity index (χ1v) is 6.41. The quantitative estimate of drug-likeness (QED) is 0.634. The zero-order valence-corrected chi connectivity index (χ0v) is 10.9. The van der Waals surface area contributed by atoms with Gasteiger partial charge < -0.3 is 11.2 Å². The maximum atomic E-state index is 13.6. The fourth-order valence-electron chi connectivity index (χ4n) is 1.40. The van der Waals surface area contributed by atoms with Gasteiger partial charge in [-0.3, -0.25) is 4.79 Å². The Bertz CT molecular complexity index is 601. The van der Waals surface area contributed by atoms with Crippen LogP contribution < -0.4 is 11.2 Å². The summed E-state index contributed by atoms with van der Waals surface area (Å²) in [6, 6.07) is 6.15. The van der Waals surface area contributed by atoms with Gasteiger partial charge in [0.05, 0.1) is 11.3 Å². The monoisotopic (exact) mass is 281 g/mol. The van der Waals surface area contributed by atoms with E-state index in [-0.39, 0.29) is 23.0 Å². The summed E-state index contributed by atoms with van der Waals surface area (Å²) in [4.78, 5) is 11.1. The molecule has 1 aromatic carbocycles. The highest BCUT2D eigenvalue weighted by Crippen LogP contribution is 2.23. The van der Waals surface area contributed by atoms with Crippen LogP contribution in [0.3, 0.4) is 0 Å². The number of carbonyl (C=O) groups is 1. The summed E-state index contributed by atoms with van der Waals surface area (Å²) in [5, 5.41) is 10.5. The Labute approximate surface area is 113 Å². The van der Waals surface area contributed by atoms with E-state index < -0.39 is 5.82 Å². The molecule has 1 heterocycles. The van der Waals surface area contributed by atoms with Gasteiger partial charge >= 0.3 is 0 Å². The summed E-state index contributed by atoms with van der Waals surface area (Å²) < 4.78 is 14.8. The van der Waals surface area contributed by atoms with Gasteiger partial charge in [-0.15, -0.1) is 10.2 Å². The van der Waals surface area contributed by atoms with Crippen molar-refractivity contribution in [2.45, 2.75) is 5.16 Å². The second kappa shape index (κ2) is 5.70. The van der Waals surface area contributed by atoms with Crippen molar-refractivity contribution in [3.63, 3.8) is 0 Å². The number of amides is 1. The smallest absolute Gasteiger partial charge is 0.230 e. The van der Waals surface area contributed by atoms with Crippen molar-refractivity contribution >= 4 is 17.7 Å². The number of carbonyl (C=O) groups excluding carboxylic acids is 1. The number of hydrogen-bond donors (Lipinski definition) is 2. The number of nitrogen functional groups attached to an aromatic ring is 1. The molecule has 2 rings (SSSR count). The minimum Gasteiger partial charge on any atom is -0.358 e. The third-order valence-corrected chi connectivity index (χ3v) is 3.33. The SMILES string of the molecule is CNC(=O)CSc1nnc(-c2ccccc2F)n1N. The van der Waals surface area contributed by atoms with Crippen LogP contribution in [0.15, 0.2) is 29.4 Å². The lowest BCUT2D eigenvalue weighted by molar-refractivity contribution is -0.118. The Morgan fingerprint density at radius 2 is 2.21 bits per heavy atom. The molecular weight excluding hydrogens is 269 g/mol. The third kappa shape index (κ3) is 2.84. The molecule has 1 amide bonds. The first kappa shape index (κ1) is 13.3. The number of aromatic nitrogens is 3. The highest BCUT2D eigenvalue weighted by atomic mass is 32.2. The van der Waals surface area contributed by atoms with Gasteiger partial charge in [0.15, 0.2) is 5.82 Å². The van der Waals surface area contributed by atoms with Crippen molar-refractivity contribution in [2.24, 2.45) is 0 Å². The van der Waals surface area contributed by atoms with Crippen LogP contribution in [-0.4, -0.2) is 33.6 Å². The van der Waals surface area contributed by atoms with E-state index in [9.17, 15) is 9.18 Å². The summed E-state index contributed by atoms with van der Waals surface area (Å²) in [6.07, 6.45) is 0. The molecule has 0 fully saturated rings. The Kier molecular flexibility index (Phi) is 4.00. The molecule has 0 bridgehead atoms. The molecule has 0 spiro atoms. The number of nitrogens with one attached hydrogen (secondary N) is 1. The number of thioether (sulfide) groups is 1. The lowest BCUT2D eigenvalue weighted by Gasteiger charge is -2.04. The number of rotatable bonds is 4. The zero-order valence-electron chi connectivity index (χ0n) is 10.1. The number of hydrogen-bond acceptors (Lipinski definition) is 5. The number of halogens is 1. The van der Waals surface area contributed by atoms with Gasteiger partial charge in [0.1, 0.15) is 5.82 Å². The number of nitrogens with zero attached hydrogens (tertiary/aromatic N) is 3. The number of nitrogens with two attached hydrogens (primary N) is 1. The van der Waals surface area contributed by atoms with Crippen LogP contribution in [0.1, 0.15) is 0 Å². The summed E-state index contributed by atoms with van der Waals surface area (Å²) in [7, 11) is 1.54. The number of benzene rings is 1. The summed E-state index contributed by atoms with van der Waals surface area (Å²) >= 11 is 1.13. The summed E-state index contributed by atoms with van der Waals surface area (Å²) in [5.74, 6) is 5.62. The molecule has 6 nitrogen and oxygen atoms in total. The van der Waals surface area contributed by atoms with Crippen LogP contribution in [0.2, 0.25) is 0 Å². The van der Waals surface area contributed by atoms with Gasteiger partial charge in [0.25, 0.3) is 0 Å². The topological polar surface area (TPSA) is 85.8 Å². The molecule has 0 atom stereocenters. The van der Waals surface area contributed by atoms with E-state index in [0.29, 0.717) is 5.16 Å². The maximum Gasteiger partial charge on any atom is 0.230 e. The molecule has 0 unspecified atom stereocenters. The first-order chi connectivity index (χ1) is 9.13. The lowest BCUT2D eigenvalue weighted by atomic mass is 10.2. The first-order valence-electron chi connectivity index (χ1n) is 5.42. The molecule has 0 aliphatic carbocycles. The Morgan fingerprint density at radius 1 is 1.47 bits per heavy atom. The lowest BCUT2D eigenvalue weighted by Crippen LogP contribution is -2.20. The average Bonchev–Trinajstić information content (AvgIpc) is 2.78. The Balaban J connectivity index is 2.24. The predicted octanol–water partition coefficient (Wildman–Crippen LogP) is 0.636. The third-order valence-electron chi connectivity index (χ3n) is 2.39. The molecule has 100 valence electrons. The highest BCUT2D eigenvalue weighted by Gasteiger charge is 2.15. The molecular formula is C11H12FN5OS. The molecule has 1 aromatic heterocycles. The van der Waals surface area contributed by atoms with Crippen LogP contribution in [0, 0.1) is 5.82 Å². The van der Waals surface area contributed by atoms with E-state index in [2.05, 4.69) is 15.5 Å². The second-order valence-corrected chi connectivity index (χ2v) is 4.56. The van der Waals surface area contributed by atoms with Crippen molar-refractivity contribution in [1.29, 1.82) is 0 Å². The van der Waals surface area contributed by atoms with E-state index in [1.807, 2.05) is 0 Å². The predicted molar refractivity (Wildman–Crippen MR) is 70.4 cm³/mol. The molecule has 0 aliphatic rings. The van der Waals surface area contributed by atoms with Gasteiger partial charge in [0, 0.05) is 7.05 Å². The van der Waals surface area contributed by atoms with Crippen molar-refractivity contribution in [2.75, 3.05) is 18.6 Å².